The van der Waals surface area contributed by atoms with Gasteiger partial charge in [-0.15, -0.1) is 0 Å². The number of hydrogen-bond acceptors (Lipinski definition) is 3. The number of thioether (sulfide) groups is 1. The zero-order valence-electron chi connectivity index (χ0n) is 9.65. The number of ether oxygens (including phenoxy) is 1. The van der Waals surface area contributed by atoms with Crippen LogP contribution in [0, 0.1) is 5.82 Å². The summed E-state index contributed by atoms with van der Waals surface area (Å²) in [7, 11) is 0. The van der Waals surface area contributed by atoms with Crippen molar-refractivity contribution < 1.29 is 14.2 Å². The lowest BCUT2D eigenvalue weighted by Crippen LogP contribution is -2.45. The Morgan fingerprint density at radius 3 is 3.06 bits per heavy atom. The first-order chi connectivity index (χ1) is 8.11. The Hall–Kier alpha value is -0.740. The molecule has 1 spiro atoms. The number of hydrogen-bond donors (Lipinski definition) is 1. The van der Waals surface area contributed by atoms with Gasteiger partial charge in [-0.2, -0.15) is 11.8 Å². The van der Waals surface area contributed by atoms with Gasteiger partial charge in [-0.25, -0.2) is 4.39 Å². The minimum Gasteiger partial charge on any atom is -0.486 e. The number of aliphatic hydroxyl groups excluding tert-OH is 1. The van der Waals surface area contributed by atoms with E-state index in [-0.39, 0.29) is 11.4 Å². The Bertz CT molecular complexity index is 451. The van der Waals surface area contributed by atoms with Crippen LogP contribution in [0.1, 0.15) is 31.4 Å². The first-order valence-corrected chi connectivity index (χ1v) is 6.94. The van der Waals surface area contributed by atoms with E-state index in [2.05, 4.69) is 6.92 Å². The SMILES string of the molecule is CC1SCCC12C[C@H](O)c1cc(F)ccc1O2. The summed E-state index contributed by atoms with van der Waals surface area (Å²) < 4.78 is 19.2. The second kappa shape index (κ2) is 3.89. The first-order valence-electron chi connectivity index (χ1n) is 5.89. The highest BCUT2D eigenvalue weighted by atomic mass is 32.2. The fourth-order valence-corrected chi connectivity index (χ4v) is 4.12. The predicted octanol–water partition coefficient (Wildman–Crippen LogP) is 2.91. The fraction of sp³-hybridized carbons (Fsp3) is 0.538. The normalized spacial score (nSPS) is 35.7. The van der Waals surface area contributed by atoms with Gasteiger partial charge in [-0.3, -0.25) is 0 Å². The number of halogens is 1. The van der Waals surface area contributed by atoms with E-state index < -0.39 is 6.10 Å². The number of fused-ring (bicyclic) bond motifs is 1. The van der Waals surface area contributed by atoms with Crippen molar-refractivity contribution in [3.8, 4) is 5.75 Å². The first kappa shape index (κ1) is 11.4. The summed E-state index contributed by atoms with van der Waals surface area (Å²) in [4.78, 5) is 0. The van der Waals surface area contributed by atoms with Crippen molar-refractivity contribution in [1.29, 1.82) is 0 Å². The Morgan fingerprint density at radius 2 is 2.35 bits per heavy atom. The van der Waals surface area contributed by atoms with Gasteiger partial charge in [0.15, 0.2) is 0 Å². The Labute approximate surface area is 104 Å². The van der Waals surface area contributed by atoms with E-state index in [0.29, 0.717) is 23.0 Å². The maximum atomic E-state index is 13.1. The quantitative estimate of drug-likeness (QED) is 0.772. The van der Waals surface area contributed by atoms with Gasteiger partial charge in [-0.05, 0) is 37.3 Å². The van der Waals surface area contributed by atoms with Crippen LogP contribution in [0.5, 0.6) is 5.75 Å². The third-order valence-electron chi connectivity index (χ3n) is 3.82. The Balaban J connectivity index is 2.01. The Kier molecular flexibility index (Phi) is 2.60. The molecule has 3 rings (SSSR count). The standard InChI is InChI=1S/C13H15FO2S/c1-8-13(4-5-17-8)7-11(15)10-6-9(14)2-3-12(10)16-13/h2-3,6,8,11,15H,4-5,7H2,1H3/t8?,11-,13?/m0/s1. The topological polar surface area (TPSA) is 29.5 Å². The van der Waals surface area contributed by atoms with Crippen LogP contribution in [0.25, 0.3) is 0 Å². The van der Waals surface area contributed by atoms with E-state index >= 15 is 0 Å². The van der Waals surface area contributed by atoms with E-state index in [1.54, 1.807) is 6.07 Å². The molecule has 1 saturated heterocycles. The van der Waals surface area contributed by atoms with Crippen molar-refractivity contribution in [2.45, 2.75) is 36.7 Å². The van der Waals surface area contributed by atoms with E-state index in [1.807, 2.05) is 11.8 Å². The third kappa shape index (κ3) is 1.74. The molecule has 1 aromatic carbocycles. The second-order valence-corrected chi connectivity index (χ2v) is 6.28. The molecule has 0 radical (unpaired) electrons. The highest BCUT2D eigenvalue weighted by Gasteiger charge is 2.48. The third-order valence-corrected chi connectivity index (χ3v) is 5.19. The van der Waals surface area contributed by atoms with Crippen LogP contribution >= 0.6 is 11.8 Å². The zero-order chi connectivity index (χ0) is 12.0. The van der Waals surface area contributed by atoms with E-state index in [1.165, 1.54) is 12.1 Å². The molecule has 3 atom stereocenters. The lowest BCUT2D eigenvalue weighted by atomic mass is 9.85. The van der Waals surface area contributed by atoms with Crippen molar-refractivity contribution in [1.82, 2.24) is 0 Å². The smallest absolute Gasteiger partial charge is 0.126 e. The lowest BCUT2D eigenvalue weighted by Gasteiger charge is -2.40. The van der Waals surface area contributed by atoms with Gasteiger partial charge in [0.1, 0.15) is 17.2 Å². The predicted molar refractivity (Wildman–Crippen MR) is 65.9 cm³/mol. The lowest BCUT2D eigenvalue weighted by molar-refractivity contribution is -0.0105. The average molecular weight is 254 g/mol. The van der Waals surface area contributed by atoms with Gasteiger partial charge >= 0.3 is 0 Å². The second-order valence-electron chi connectivity index (χ2n) is 4.83. The summed E-state index contributed by atoms with van der Waals surface area (Å²) in [6.07, 6.45) is 0.903. The molecule has 0 saturated carbocycles. The van der Waals surface area contributed by atoms with Crippen LogP contribution < -0.4 is 4.74 Å². The summed E-state index contributed by atoms with van der Waals surface area (Å²) in [5.74, 6) is 1.38. The van der Waals surface area contributed by atoms with Gasteiger partial charge in [0.2, 0.25) is 0 Å². The monoisotopic (exact) mass is 254 g/mol. The molecule has 0 bridgehead atoms. The van der Waals surface area contributed by atoms with Crippen molar-refractivity contribution >= 4 is 11.8 Å². The van der Waals surface area contributed by atoms with Gasteiger partial charge in [-0.1, -0.05) is 0 Å². The molecule has 1 fully saturated rings. The van der Waals surface area contributed by atoms with Crippen LogP contribution in [0.2, 0.25) is 0 Å². The largest absolute Gasteiger partial charge is 0.486 e. The highest BCUT2D eigenvalue weighted by Crippen LogP contribution is 2.49. The van der Waals surface area contributed by atoms with E-state index in [0.717, 1.165) is 12.2 Å². The van der Waals surface area contributed by atoms with Crippen molar-refractivity contribution in [3.63, 3.8) is 0 Å². The molecule has 2 nitrogen and oxygen atoms in total. The molecule has 2 heterocycles. The van der Waals surface area contributed by atoms with Crippen molar-refractivity contribution in [3.05, 3.63) is 29.6 Å². The summed E-state index contributed by atoms with van der Waals surface area (Å²) in [6.45, 7) is 2.14. The Morgan fingerprint density at radius 1 is 1.53 bits per heavy atom. The van der Waals surface area contributed by atoms with Crippen LogP contribution in [0.3, 0.4) is 0 Å². The van der Waals surface area contributed by atoms with Gasteiger partial charge < -0.3 is 9.84 Å². The van der Waals surface area contributed by atoms with Gasteiger partial charge in [0.05, 0.1) is 6.10 Å². The molecule has 2 unspecified atom stereocenters. The highest BCUT2D eigenvalue weighted by molar-refractivity contribution is 8.00. The maximum Gasteiger partial charge on any atom is 0.126 e. The van der Waals surface area contributed by atoms with Gasteiger partial charge in [0.25, 0.3) is 0 Å². The summed E-state index contributed by atoms with van der Waals surface area (Å²) in [5.41, 5.74) is 0.314. The average Bonchev–Trinajstić information content (AvgIpc) is 2.62. The molecule has 0 aliphatic carbocycles. The molecule has 0 aromatic heterocycles. The maximum absolute atomic E-state index is 13.1. The zero-order valence-corrected chi connectivity index (χ0v) is 10.5. The number of aliphatic hydroxyl groups is 1. The number of benzene rings is 1. The molecule has 2 aliphatic heterocycles. The number of rotatable bonds is 0. The minimum atomic E-state index is -0.615. The molecule has 2 aliphatic rings. The molecule has 1 aromatic rings. The van der Waals surface area contributed by atoms with E-state index in [9.17, 15) is 9.50 Å². The summed E-state index contributed by atoms with van der Waals surface area (Å²) in [5, 5.41) is 10.5. The fourth-order valence-electron chi connectivity index (χ4n) is 2.74. The molecule has 0 amide bonds. The van der Waals surface area contributed by atoms with Crippen LogP contribution in [0.15, 0.2) is 18.2 Å². The summed E-state index contributed by atoms with van der Waals surface area (Å²) >= 11 is 1.87. The molecule has 17 heavy (non-hydrogen) atoms. The van der Waals surface area contributed by atoms with Gasteiger partial charge in [0, 0.05) is 17.2 Å². The molecule has 1 N–H and O–H groups in total. The molecular weight excluding hydrogens is 239 g/mol. The molecular formula is C13H15FO2S. The van der Waals surface area contributed by atoms with Crippen LogP contribution in [0.4, 0.5) is 4.39 Å². The molecule has 4 heteroatoms. The van der Waals surface area contributed by atoms with Crippen LogP contribution in [-0.2, 0) is 0 Å². The van der Waals surface area contributed by atoms with Crippen LogP contribution in [-0.4, -0.2) is 21.7 Å². The minimum absolute atomic E-state index is 0.269. The van der Waals surface area contributed by atoms with Crippen molar-refractivity contribution in [2.24, 2.45) is 0 Å². The molecule has 92 valence electrons. The van der Waals surface area contributed by atoms with E-state index in [4.69, 9.17) is 4.74 Å². The summed E-state index contributed by atoms with van der Waals surface area (Å²) in [6, 6.07) is 4.39. The van der Waals surface area contributed by atoms with Crippen molar-refractivity contribution in [2.75, 3.05) is 5.75 Å².